The highest BCUT2D eigenvalue weighted by Crippen LogP contribution is 2.25. The van der Waals surface area contributed by atoms with E-state index in [9.17, 15) is 14.7 Å². The van der Waals surface area contributed by atoms with Gasteiger partial charge in [-0.2, -0.15) is 0 Å². The van der Waals surface area contributed by atoms with Crippen molar-refractivity contribution in [2.45, 2.75) is 32.2 Å². The van der Waals surface area contributed by atoms with E-state index >= 15 is 0 Å². The molecule has 0 spiro atoms. The van der Waals surface area contributed by atoms with E-state index in [0.29, 0.717) is 12.8 Å². The highest BCUT2D eigenvalue weighted by molar-refractivity contribution is 5.96. The van der Waals surface area contributed by atoms with Crippen LogP contribution in [0.1, 0.15) is 26.2 Å². The van der Waals surface area contributed by atoms with Gasteiger partial charge in [0.15, 0.2) is 0 Å². The summed E-state index contributed by atoms with van der Waals surface area (Å²) in [7, 11) is 0. The van der Waals surface area contributed by atoms with Crippen molar-refractivity contribution in [1.82, 2.24) is 9.80 Å². The zero-order valence-electron chi connectivity index (χ0n) is 11.0. The van der Waals surface area contributed by atoms with E-state index in [1.807, 2.05) is 4.90 Å². The summed E-state index contributed by atoms with van der Waals surface area (Å²) in [5.41, 5.74) is 0. The maximum atomic E-state index is 12.0. The van der Waals surface area contributed by atoms with Gasteiger partial charge in [-0.15, -0.1) is 0 Å². The number of nitrogens with zero attached hydrogens (tertiary/aromatic N) is 2. The molecule has 1 atom stereocenters. The predicted octanol–water partition coefficient (Wildman–Crippen LogP) is -0.119. The molecule has 18 heavy (non-hydrogen) atoms. The number of amides is 1. The van der Waals surface area contributed by atoms with Crippen molar-refractivity contribution in [2.24, 2.45) is 5.92 Å². The summed E-state index contributed by atoms with van der Waals surface area (Å²) in [6.45, 7) is 5.34. The molecule has 1 aliphatic heterocycles. The van der Waals surface area contributed by atoms with Crippen LogP contribution in [0.25, 0.3) is 0 Å². The van der Waals surface area contributed by atoms with Gasteiger partial charge in [0.05, 0.1) is 12.5 Å². The summed E-state index contributed by atoms with van der Waals surface area (Å²) in [5.74, 6) is 0.300. The van der Waals surface area contributed by atoms with Gasteiger partial charge >= 0.3 is 0 Å². The summed E-state index contributed by atoms with van der Waals surface area (Å²) in [5, 5.41) is 9.26. The smallest absolute Gasteiger partial charge is 0.226 e. The van der Waals surface area contributed by atoms with Gasteiger partial charge in [0.25, 0.3) is 0 Å². The first-order chi connectivity index (χ1) is 8.65. The van der Waals surface area contributed by atoms with Crippen LogP contribution in [0.5, 0.6) is 0 Å². The molecule has 0 bridgehead atoms. The van der Waals surface area contributed by atoms with E-state index in [4.69, 9.17) is 0 Å². The average Bonchev–Trinajstić information content (AvgIpc) is 2.36. The minimum absolute atomic E-state index is 0.0520. The number of aliphatic hydroxyl groups excluding tert-OH is 1. The minimum atomic E-state index is -0.0520. The number of aliphatic hydroxyl groups is 1. The maximum absolute atomic E-state index is 12.0. The average molecular weight is 254 g/mol. The van der Waals surface area contributed by atoms with Crippen LogP contribution < -0.4 is 0 Å². The summed E-state index contributed by atoms with van der Waals surface area (Å²) in [6.07, 6.45) is 1.81. The van der Waals surface area contributed by atoms with Gasteiger partial charge in [-0.3, -0.25) is 14.5 Å². The first kappa shape index (κ1) is 13.5. The topological polar surface area (TPSA) is 60.9 Å². The molecular weight excluding hydrogens is 232 g/mol. The highest BCUT2D eigenvalue weighted by atomic mass is 16.3. The lowest BCUT2D eigenvalue weighted by Gasteiger charge is -2.40. The number of carbonyl (C=O) groups excluding carboxylic acids is 2. The van der Waals surface area contributed by atoms with E-state index in [1.54, 1.807) is 0 Å². The highest BCUT2D eigenvalue weighted by Gasteiger charge is 2.36. The zero-order chi connectivity index (χ0) is 13.1. The number of rotatable bonds is 4. The Balaban J connectivity index is 1.79. The third-order valence-electron chi connectivity index (χ3n) is 4.12. The third kappa shape index (κ3) is 2.72. The number of piperazine rings is 1. The lowest BCUT2D eigenvalue weighted by molar-refractivity contribution is -0.146. The first-order valence-corrected chi connectivity index (χ1v) is 6.81. The summed E-state index contributed by atoms with van der Waals surface area (Å²) in [4.78, 5) is 27.1. The van der Waals surface area contributed by atoms with Crippen LogP contribution in [0.15, 0.2) is 0 Å². The molecule has 5 nitrogen and oxygen atoms in total. The fraction of sp³-hybridized carbons (Fsp3) is 0.846. The Labute approximate surface area is 108 Å². The lowest BCUT2D eigenvalue weighted by atomic mass is 9.83. The van der Waals surface area contributed by atoms with Crippen LogP contribution >= 0.6 is 0 Å². The lowest BCUT2D eigenvalue weighted by Crippen LogP contribution is -2.54. The largest absolute Gasteiger partial charge is 0.395 e. The van der Waals surface area contributed by atoms with Crippen LogP contribution in [0.4, 0.5) is 0 Å². The van der Waals surface area contributed by atoms with Crippen molar-refractivity contribution < 1.29 is 14.7 Å². The molecule has 2 rings (SSSR count). The molecule has 0 aromatic carbocycles. The molecule has 1 N–H and O–H groups in total. The molecule has 1 aliphatic carbocycles. The molecule has 0 radical (unpaired) electrons. The fourth-order valence-electron chi connectivity index (χ4n) is 2.73. The summed E-state index contributed by atoms with van der Waals surface area (Å²) >= 11 is 0. The number of ketones is 1. The molecule has 1 amide bonds. The van der Waals surface area contributed by atoms with Gasteiger partial charge in [0.1, 0.15) is 5.78 Å². The van der Waals surface area contributed by atoms with Crippen LogP contribution in [0.2, 0.25) is 0 Å². The SMILES string of the molecule is CCC(CO)N1CCN(C(=O)C2CC(=O)C2)CC1. The minimum Gasteiger partial charge on any atom is -0.395 e. The third-order valence-corrected chi connectivity index (χ3v) is 4.12. The van der Waals surface area contributed by atoms with Crippen molar-refractivity contribution in [3.8, 4) is 0 Å². The molecule has 0 aromatic rings. The van der Waals surface area contributed by atoms with Crippen LogP contribution in [-0.4, -0.2) is 65.4 Å². The number of hydrogen-bond acceptors (Lipinski definition) is 4. The molecule has 102 valence electrons. The number of Topliss-reactive ketones (excluding diaryl/α,β-unsaturated/α-hetero) is 1. The van der Waals surface area contributed by atoms with Crippen molar-refractivity contribution in [3.05, 3.63) is 0 Å². The molecule has 1 saturated carbocycles. The molecule has 2 aliphatic rings. The van der Waals surface area contributed by atoms with Gasteiger partial charge in [0, 0.05) is 45.1 Å². The molecule has 1 saturated heterocycles. The van der Waals surface area contributed by atoms with Gasteiger partial charge < -0.3 is 10.0 Å². The van der Waals surface area contributed by atoms with E-state index in [-0.39, 0.29) is 30.3 Å². The maximum Gasteiger partial charge on any atom is 0.226 e. The molecule has 1 unspecified atom stereocenters. The molecule has 0 aromatic heterocycles. The second-order valence-corrected chi connectivity index (χ2v) is 5.25. The van der Waals surface area contributed by atoms with Crippen molar-refractivity contribution in [1.29, 1.82) is 0 Å². The fourth-order valence-corrected chi connectivity index (χ4v) is 2.73. The summed E-state index contributed by atoms with van der Waals surface area (Å²) in [6, 6.07) is 0.215. The van der Waals surface area contributed by atoms with Gasteiger partial charge in [-0.25, -0.2) is 0 Å². The predicted molar refractivity (Wildman–Crippen MR) is 67.0 cm³/mol. The standard InChI is InChI=1S/C13H22N2O3/c1-2-11(9-16)14-3-5-15(6-4-14)13(18)10-7-12(17)8-10/h10-11,16H,2-9H2,1H3. The van der Waals surface area contributed by atoms with Gasteiger partial charge in [-0.05, 0) is 6.42 Å². The van der Waals surface area contributed by atoms with E-state index < -0.39 is 0 Å². The van der Waals surface area contributed by atoms with Crippen molar-refractivity contribution in [3.63, 3.8) is 0 Å². The number of hydrogen-bond donors (Lipinski definition) is 1. The Morgan fingerprint density at radius 1 is 1.33 bits per heavy atom. The Kier molecular flexibility index (Phi) is 4.35. The molecule has 2 fully saturated rings. The van der Waals surface area contributed by atoms with Gasteiger partial charge in [0.2, 0.25) is 5.91 Å². The van der Waals surface area contributed by atoms with E-state index in [2.05, 4.69) is 11.8 Å². The van der Waals surface area contributed by atoms with Gasteiger partial charge in [-0.1, -0.05) is 6.92 Å². The molecule has 5 heteroatoms. The van der Waals surface area contributed by atoms with Crippen molar-refractivity contribution >= 4 is 11.7 Å². The first-order valence-electron chi connectivity index (χ1n) is 6.81. The second-order valence-electron chi connectivity index (χ2n) is 5.25. The van der Waals surface area contributed by atoms with Crippen LogP contribution in [-0.2, 0) is 9.59 Å². The normalized spacial score (nSPS) is 23.9. The quantitative estimate of drug-likeness (QED) is 0.760. The van der Waals surface area contributed by atoms with Crippen LogP contribution in [0, 0.1) is 5.92 Å². The second kappa shape index (κ2) is 5.80. The zero-order valence-corrected chi connectivity index (χ0v) is 11.0. The Morgan fingerprint density at radius 2 is 1.94 bits per heavy atom. The molecular formula is C13H22N2O3. The van der Waals surface area contributed by atoms with E-state index in [1.165, 1.54) is 0 Å². The summed E-state index contributed by atoms with van der Waals surface area (Å²) < 4.78 is 0. The Bertz CT molecular complexity index is 312. The monoisotopic (exact) mass is 254 g/mol. The Morgan fingerprint density at radius 3 is 2.39 bits per heavy atom. The Hall–Kier alpha value is -0.940. The van der Waals surface area contributed by atoms with Crippen LogP contribution in [0.3, 0.4) is 0 Å². The molecule has 1 heterocycles. The van der Waals surface area contributed by atoms with E-state index in [0.717, 1.165) is 32.6 Å². The number of carbonyl (C=O) groups is 2. The van der Waals surface area contributed by atoms with Crippen molar-refractivity contribution in [2.75, 3.05) is 32.8 Å².